The van der Waals surface area contributed by atoms with Gasteiger partial charge in [-0.25, -0.2) is 0 Å². The quantitative estimate of drug-likeness (QED) is 0.807. The number of pyridine rings is 1. The third-order valence-electron chi connectivity index (χ3n) is 4.35. The summed E-state index contributed by atoms with van der Waals surface area (Å²) in [6.45, 7) is 2.72. The van der Waals surface area contributed by atoms with Crippen LogP contribution in [0.15, 0.2) is 24.4 Å². The summed E-state index contributed by atoms with van der Waals surface area (Å²) >= 11 is 0. The van der Waals surface area contributed by atoms with Gasteiger partial charge in [0.2, 0.25) is 5.91 Å². The van der Waals surface area contributed by atoms with E-state index in [1.165, 1.54) is 12.8 Å². The van der Waals surface area contributed by atoms with Gasteiger partial charge in [0.25, 0.3) is 0 Å². The number of hydrogen-bond acceptors (Lipinski definition) is 3. The predicted molar refractivity (Wildman–Crippen MR) is 73.8 cm³/mol. The van der Waals surface area contributed by atoms with Crippen LogP contribution < -0.4 is 0 Å². The van der Waals surface area contributed by atoms with Crippen LogP contribution in [0.2, 0.25) is 0 Å². The number of likely N-dealkylation sites (N-methyl/N-ethyl adjacent to an activating group) is 1. The Balaban J connectivity index is 1.57. The van der Waals surface area contributed by atoms with E-state index >= 15 is 0 Å². The molecule has 0 aromatic carbocycles. The summed E-state index contributed by atoms with van der Waals surface area (Å²) in [5.74, 6) is 0.744. The second kappa shape index (κ2) is 5.29. The number of rotatable bonds is 2. The second-order valence-electron chi connectivity index (χ2n) is 5.69. The molecule has 0 spiro atoms. The van der Waals surface area contributed by atoms with Crippen molar-refractivity contribution >= 4 is 5.91 Å². The Morgan fingerprint density at radius 2 is 2.16 bits per heavy atom. The van der Waals surface area contributed by atoms with Crippen LogP contribution in [0.1, 0.15) is 30.9 Å². The van der Waals surface area contributed by atoms with E-state index in [1.807, 2.05) is 23.2 Å². The topological polar surface area (TPSA) is 36.4 Å². The van der Waals surface area contributed by atoms with Gasteiger partial charge in [0.15, 0.2) is 0 Å². The van der Waals surface area contributed by atoms with E-state index in [1.54, 1.807) is 0 Å². The third kappa shape index (κ3) is 2.50. The lowest BCUT2D eigenvalue weighted by Gasteiger charge is -2.43. The van der Waals surface area contributed by atoms with Crippen molar-refractivity contribution in [1.82, 2.24) is 14.8 Å². The Bertz CT molecular complexity index is 442. The molecule has 19 heavy (non-hydrogen) atoms. The maximum absolute atomic E-state index is 12.4. The molecule has 1 atom stereocenters. The molecule has 1 aromatic rings. The summed E-state index contributed by atoms with van der Waals surface area (Å²) in [6, 6.07) is 6.11. The lowest BCUT2D eigenvalue weighted by molar-refractivity contribution is -0.142. The Morgan fingerprint density at radius 3 is 2.84 bits per heavy atom. The molecule has 0 saturated carbocycles. The van der Waals surface area contributed by atoms with Gasteiger partial charge in [-0.3, -0.25) is 14.7 Å². The fourth-order valence-corrected chi connectivity index (χ4v) is 3.06. The number of carbonyl (C=O) groups is 1. The first kappa shape index (κ1) is 12.6. The monoisotopic (exact) mass is 259 g/mol. The van der Waals surface area contributed by atoms with E-state index in [0.29, 0.717) is 11.8 Å². The summed E-state index contributed by atoms with van der Waals surface area (Å²) in [6.07, 6.45) is 5.24. The van der Waals surface area contributed by atoms with E-state index in [-0.39, 0.29) is 6.04 Å². The van der Waals surface area contributed by atoms with Crippen molar-refractivity contribution in [2.24, 2.45) is 0 Å². The maximum Gasteiger partial charge on any atom is 0.239 e. The molecule has 1 aromatic heterocycles. The van der Waals surface area contributed by atoms with Crippen molar-refractivity contribution in [2.75, 3.05) is 26.7 Å². The van der Waals surface area contributed by atoms with Crippen molar-refractivity contribution in [3.8, 4) is 0 Å². The number of amides is 1. The van der Waals surface area contributed by atoms with Gasteiger partial charge in [-0.15, -0.1) is 0 Å². The summed E-state index contributed by atoms with van der Waals surface area (Å²) in [5, 5.41) is 0. The number of piperidine rings is 1. The lowest BCUT2D eigenvalue weighted by atomic mass is 9.93. The molecule has 2 saturated heterocycles. The molecule has 2 aliphatic rings. The van der Waals surface area contributed by atoms with Gasteiger partial charge in [-0.2, -0.15) is 0 Å². The predicted octanol–water partition coefficient (Wildman–Crippen LogP) is 1.49. The van der Waals surface area contributed by atoms with Crippen LogP contribution in [-0.2, 0) is 4.79 Å². The zero-order chi connectivity index (χ0) is 13.2. The van der Waals surface area contributed by atoms with Crippen LogP contribution in [0, 0.1) is 0 Å². The average Bonchev–Trinajstić information content (AvgIpc) is 2.38. The molecule has 3 heterocycles. The van der Waals surface area contributed by atoms with Crippen LogP contribution >= 0.6 is 0 Å². The molecular formula is C15H21N3O. The van der Waals surface area contributed by atoms with Gasteiger partial charge in [-0.1, -0.05) is 12.5 Å². The molecule has 102 valence electrons. The Labute approximate surface area is 114 Å². The van der Waals surface area contributed by atoms with E-state index < -0.39 is 0 Å². The highest BCUT2D eigenvalue weighted by molar-refractivity contribution is 5.83. The van der Waals surface area contributed by atoms with Gasteiger partial charge in [0, 0.05) is 30.9 Å². The van der Waals surface area contributed by atoms with Gasteiger partial charge in [0.05, 0.1) is 6.04 Å². The molecule has 4 nitrogen and oxygen atoms in total. The van der Waals surface area contributed by atoms with E-state index in [0.717, 1.165) is 31.7 Å². The molecule has 0 N–H and O–H groups in total. The standard InChI is InChI=1S/C15H21N3O/c1-17-9-5-3-7-14(17)15(19)18-10-12(11-18)13-6-2-4-8-16-13/h2,4,6,8,12,14H,3,5,7,9-11H2,1H3/t14-/m0/s1. The fourth-order valence-electron chi connectivity index (χ4n) is 3.06. The molecule has 0 aliphatic carbocycles. The van der Waals surface area contributed by atoms with Crippen molar-refractivity contribution in [2.45, 2.75) is 31.2 Å². The van der Waals surface area contributed by atoms with Gasteiger partial charge < -0.3 is 4.90 Å². The van der Waals surface area contributed by atoms with Crippen LogP contribution in [-0.4, -0.2) is 53.4 Å². The minimum atomic E-state index is 0.110. The minimum absolute atomic E-state index is 0.110. The second-order valence-corrected chi connectivity index (χ2v) is 5.69. The van der Waals surface area contributed by atoms with Gasteiger partial charge >= 0.3 is 0 Å². The van der Waals surface area contributed by atoms with Crippen molar-refractivity contribution in [3.63, 3.8) is 0 Å². The zero-order valence-corrected chi connectivity index (χ0v) is 11.5. The summed E-state index contributed by atoms with van der Waals surface area (Å²) < 4.78 is 0. The molecule has 1 amide bonds. The van der Waals surface area contributed by atoms with Crippen molar-refractivity contribution in [1.29, 1.82) is 0 Å². The van der Waals surface area contributed by atoms with Crippen molar-refractivity contribution < 1.29 is 4.79 Å². The number of likely N-dealkylation sites (tertiary alicyclic amines) is 2. The zero-order valence-electron chi connectivity index (χ0n) is 11.5. The first-order valence-corrected chi connectivity index (χ1v) is 7.15. The van der Waals surface area contributed by atoms with Crippen LogP contribution in [0.5, 0.6) is 0 Å². The number of aromatic nitrogens is 1. The van der Waals surface area contributed by atoms with E-state index in [4.69, 9.17) is 0 Å². The number of hydrogen-bond donors (Lipinski definition) is 0. The first-order valence-electron chi connectivity index (χ1n) is 7.15. The maximum atomic E-state index is 12.4. The van der Waals surface area contributed by atoms with Gasteiger partial charge in [-0.05, 0) is 38.6 Å². The first-order chi connectivity index (χ1) is 9.25. The minimum Gasteiger partial charge on any atom is -0.340 e. The molecule has 2 fully saturated rings. The van der Waals surface area contributed by atoms with E-state index in [9.17, 15) is 4.79 Å². The molecule has 0 bridgehead atoms. The van der Waals surface area contributed by atoms with Crippen molar-refractivity contribution in [3.05, 3.63) is 30.1 Å². The number of carbonyl (C=O) groups excluding carboxylic acids is 1. The molecule has 4 heteroatoms. The SMILES string of the molecule is CN1CCCC[C@H]1C(=O)N1CC(c2ccccn2)C1. The van der Waals surface area contributed by atoms with Gasteiger partial charge in [0.1, 0.15) is 0 Å². The molecule has 0 radical (unpaired) electrons. The number of nitrogens with zero attached hydrogens (tertiary/aromatic N) is 3. The smallest absolute Gasteiger partial charge is 0.239 e. The summed E-state index contributed by atoms with van der Waals surface area (Å²) in [4.78, 5) is 21.0. The lowest BCUT2D eigenvalue weighted by Crippen LogP contribution is -2.56. The summed E-state index contributed by atoms with van der Waals surface area (Å²) in [5.41, 5.74) is 1.11. The fraction of sp³-hybridized carbons (Fsp3) is 0.600. The van der Waals surface area contributed by atoms with Crippen LogP contribution in [0.3, 0.4) is 0 Å². The summed E-state index contributed by atoms with van der Waals surface area (Å²) in [7, 11) is 2.07. The molecule has 0 unspecified atom stereocenters. The van der Waals surface area contributed by atoms with Crippen LogP contribution in [0.25, 0.3) is 0 Å². The third-order valence-corrected chi connectivity index (χ3v) is 4.35. The Morgan fingerprint density at radius 1 is 1.32 bits per heavy atom. The average molecular weight is 259 g/mol. The Hall–Kier alpha value is -1.42. The highest BCUT2D eigenvalue weighted by atomic mass is 16.2. The molecular weight excluding hydrogens is 238 g/mol. The van der Waals surface area contributed by atoms with Crippen LogP contribution in [0.4, 0.5) is 0 Å². The van der Waals surface area contributed by atoms with E-state index in [2.05, 4.69) is 23.0 Å². The molecule has 3 rings (SSSR count). The molecule has 2 aliphatic heterocycles. The normalized spacial score (nSPS) is 25.1. The Kier molecular flexibility index (Phi) is 3.51. The largest absolute Gasteiger partial charge is 0.340 e. The highest BCUT2D eigenvalue weighted by Gasteiger charge is 2.37. The highest BCUT2D eigenvalue weighted by Crippen LogP contribution is 2.28.